The fourth-order valence-electron chi connectivity index (χ4n) is 2.09. The quantitative estimate of drug-likeness (QED) is 0.764. The molecule has 0 atom stereocenters. The van der Waals surface area contributed by atoms with Crippen LogP contribution in [0.15, 0.2) is 30.5 Å². The lowest BCUT2D eigenvalue weighted by molar-refractivity contribution is 0.439. The minimum Gasteiger partial charge on any atom is -0.361 e. The number of rotatable bonds is 3. The van der Waals surface area contributed by atoms with Gasteiger partial charge < -0.3 is 4.98 Å². The Labute approximate surface area is 91.5 Å². The molecule has 80 valence electrons. The third kappa shape index (κ3) is 1.67. The molecule has 0 bridgehead atoms. The summed E-state index contributed by atoms with van der Waals surface area (Å²) in [5.41, 5.74) is 3.01. The largest absolute Gasteiger partial charge is 0.361 e. The number of aromatic amines is 1. The molecule has 1 N–H and O–H groups in total. The van der Waals surface area contributed by atoms with Crippen molar-refractivity contribution in [2.75, 3.05) is 0 Å². The molecule has 0 aliphatic heterocycles. The van der Waals surface area contributed by atoms with Gasteiger partial charge in [0.05, 0.1) is 0 Å². The molecule has 0 fully saturated rings. The van der Waals surface area contributed by atoms with Crippen molar-refractivity contribution < 1.29 is 0 Å². The van der Waals surface area contributed by atoms with E-state index in [0.717, 1.165) is 0 Å². The highest BCUT2D eigenvalue weighted by Crippen LogP contribution is 2.32. The third-order valence-electron chi connectivity index (χ3n) is 3.81. The van der Waals surface area contributed by atoms with Gasteiger partial charge in [-0.05, 0) is 47.4 Å². The minimum atomic E-state index is 0.325. The van der Waals surface area contributed by atoms with E-state index in [0.29, 0.717) is 5.41 Å². The maximum atomic E-state index is 3.23. The van der Waals surface area contributed by atoms with Crippen molar-refractivity contribution in [2.45, 2.75) is 39.0 Å². The van der Waals surface area contributed by atoms with Gasteiger partial charge >= 0.3 is 0 Å². The molecule has 0 saturated carbocycles. The maximum Gasteiger partial charge on any atom is 0.0454 e. The zero-order chi connectivity index (χ0) is 10.9. The molecule has 0 amide bonds. The SMILES string of the molecule is CCC(C)(CC)c1ccc2[nH]ccc2c1. The van der Waals surface area contributed by atoms with Crippen LogP contribution in [-0.4, -0.2) is 4.98 Å². The van der Waals surface area contributed by atoms with Crippen LogP contribution in [0.2, 0.25) is 0 Å². The van der Waals surface area contributed by atoms with E-state index in [1.807, 2.05) is 6.20 Å². The van der Waals surface area contributed by atoms with Gasteiger partial charge in [0.15, 0.2) is 0 Å². The highest BCUT2D eigenvalue weighted by atomic mass is 14.7. The molecule has 15 heavy (non-hydrogen) atoms. The van der Waals surface area contributed by atoms with E-state index in [2.05, 4.69) is 50.0 Å². The number of hydrogen-bond acceptors (Lipinski definition) is 0. The van der Waals surface area contributed by atoms with Gasteiger partial charge in [-0.3, -0.25) is 0 Å². The number of H-pyrrole nitrogens is 1. The average molecular weight is 201 g/mol. The lowest BCUT2D eigenvalue weighted by atomic mass is 9.77. The monoisotopic (exact) mass is 201 g/mol. The first-order valence-corrected chi connectivity index (χ1v) is 5.77. The van der Waals surface area contributed by atoms with Gasteiger partial charge in [-0.2, -0.15) is 0 Å². The summed E-state index contributed by atoms with van der Waals surface area (Å²) < 4.78 is 0. The molecule has 0 saturated heterocycles. The fraction of sp³-hybridized carbons (Fsp3) is 0.429. The highest BCUT2D eigenvalue weighted by Gasteiger charge is 2.22. The van der Waals surface area contributed by atoms with Crippen LogP contribution in [0.25, 0.3) is 10.9 Å². The van der Waals surface area contributed by atoms with Gasteiger partial charge in [0.2, 0.25) is 0 Å². The summed E-state index contributed by atoms with van der Waals surface area (Å²) in [5.74, 6) is 0. The molecule has 0 unspecified atom stereocenters. The predicted molar refractivity (Wildman–Crippen MR) is 66.2 cm³/mol. The molecule has 1 aromatic heterocycles. The van der Waals surface area contributed by atoms with E-state index in [9.17, 15) is 0 Å². The molecule has 1 heteroatoms. The van der Waals surface area contributed by atoms with Crippen molar-refractivity contribution >= 4 is 10.9 Å². The molecule has 1 aromatic carbocycles. The maximum absolute atomic E-state index is 3.23. The van der Waals surface area contributed by atoms with Crippen molar-refractivity contribution in [2.24, 2.45) is 0 Å². The zero-order valence-electron chi connectivity index (χ0n) is 9.80. The number of benzene rings is 1. The van der Waals surface area contributed by atoms with Crippen molar-refractivity contribution in [3.05, 3.63) is 36.0 Å². The van der Waals surface area contributed by atoms with Gasteiger partial charge in [0, 0.05) is 11.7 Å². The van der Waals surface area contributed by atoms with E-state index in [4.69, 9.17) is 0 Å². The Hall–Kier alpha value is -1.24. The normalized spacial score (nSPS) is 12.2. The summed E-state index contributed by atoms with van der Waals surface area (Å²) in [5, 5.41) is 1.32. The standard InChI is InChI=1S/C14H19N/c1-4-14(3,5-2)12-6-7-13-11(10-12)8-9-15-13/h6-10,15H,4-5H2,1-3H3. The Morgan fingerprint density at radius 2 is 1.87 bits per heavy atom. The van der Waals surface area contributed by atoms with Crippen LogP contribution < -0.4 is 0 Å². The lowest BCUT2D eigenvalue weighted by Crippen LogP contribution is -2.19. The van der Waals surface area contributed by atoms with E-state index in [-0.39, 0.29) is 0 Å². The summed E-state index contributed by atoms with van der Waals surface area (Å²) in [6.45, 7) is 6.89. The van der Waals surface area contributed by atoms with Crippen molar-refractivity contribution in [3.63, 3.8) is 0 Å². The van der Waals surface area contributed by atoms with Gasteiger partial charge in [-0.25, -0.2) is 0 Å². The summed E-state index contributed by atoms with van der Waals surface area (Å²) in [6.07, 6.45) is 4.39. The van der Waals surface area contributed by atoms with Crippen LogP contribution in [-0.2, 0) is 5.41 Å². The second kappa shape index (κ2) is 3.73. The average Bonchev–Trinajstić information content (AvgIpc) is 2.74. The van der Waals surface area contributed by atoms with Crippen LogP contribution in [0.4, 0.5) is 0 Å². The molecule has 0 aliphatic rings. The highest BCUT2D eigenvalue weighted by molar-refractivity contribution is 5.80. The van der Waals surface area contributed by atoms with Gasteiger partial charge in [-0.15, -0.1) is 0 Å². The van der Waals surface area contributed by atoms with Crippen LogP contribution in [0.1, 0.15) is 39.2 Å². The van der Waals surface area contributed by atoms with E-state index in [1.165, 1.54) is 29.3 Å². The van der Waals surface area contributed by atoms with Crippen LogP contribution in [0.5, 0.6) is 0 Å². The van der Waals surface area contributed by atoms with E-state index < -0.39 is 0 Å². The van der Waals surface area contributed by atoms with Gasteiger partial charge in [0.25, 0.3) is 0 Å². The summed E-state index contributed by atoms with van der Waals surface area (Å²) in [6, 6.07) is 8.91. The van der Waals surface area contributed by atoms with E-state index in [1.54, 1.807) is 0 Å². The Balaban J connectivity index is 2.51. The Bertz CT molecular complexity index is 449. The van der Waals surface area contributed by atoms with Crippen LogP contribution in [0, 0.1) is 0 Å². The molecule has 0 aliphatic carbocycles. The second-order valence-electron chi connectivity index (χ2n) is 4.55. The van der Waals surface area contributed by atoms with Crippen molar-refractivity contribution in [1.82, 2.24) is 4.98 Å². The Morgan fingerprint density at radius 1 is 1.13 bits per heavy atom. The van der Waals surface area contributed by atoms with Crippen LogP contribution >= 0.6 is 0 Å². The number of nitrogens with one attached hydrogen (secondary N) is 1. The first-order chi connectivity index (χ1) is 7.19. The summed E-state index contributed by atoms with van der Waals surface area (Å²) in [7, 11) is 0. The molecule has 0 radical (unpaired) electrons. The molecule has 1 heterocycles. The minimum absolute atomic E-state index is 0.325. The third-order valence-corrected chi connectivity index (χ3v) is 3.81. The second-order valence-corrected chi connectivity index (χ2v) is 4.55. The van der Waals surface area contributed by atoms with Gasteiger partial charge in [-0.1, -0.05) is 26.8 Å². The van der Waals surface area contributed by atoms with Gasteiger partial charge in [0.1, 0.15) is 0 Å². The Kier molecular flexibility index (Phi) is 2.56. The number of aromatic nitrogens is 1. The first kappa shape index (κ1) is 10.3. The molecular weight excluding hydrogens is 182 g/mol. The zero-order valence-corrected chi connectivity index (χ0v) is 9.80. The Morgan fingerprint density at radius 3 is 2.53 bits per heavy atom. The first-order valence-electron chi connectivity index (χ1n) is 5.77. The fourth-order valence-corrected chi connectivity index (χ4v) is 2.09. The van der Waals surface area contributed by atoms with Crippen LogP contribution in [0.3, 0.4) is 0 Å². The van der Waals surface area contributed by atoms with E-state index >= 15 is 0 Å². The lowest BCUT2D eigenvalue weighted by Gasteiger charge is -2.27. The molecular formula is C14H19N. The molecule has 1 nitrogen and oxygen atoms in total. The smallest absolute Gasteiger partial charge is 0.0454 e. The van der Waals surface area contributed by atoms with Crippen molar-refractivity contribution in [3.8, 4) is 0 Å². The summed E-state index contributed by atoms with van der Waals surface area (Å²) in [4.78, 5) is 3.23. The van der Waals surface area contributed by atoms with Crippen molar-refractivity contribution in [1.29, 1.82) is 0 Å². The molecule has 2 aromatic rings. The molecule has 2 rings (SSSR count). The topological polar surface area (TPSA) is 15.8 Å². The number of fused-ring (bicyclic) bond motifs is 1. The predicted octanol–water partition coefficient (Wildman–Crippen LogP) is 4.25. The number of hydrogen-bond donors (Lipinski definition) is 1. The molecule has 0 spiro atoms. The summed E-state index contributed by atoms with van der Waals surface area (Å²) >= 11 is 0.